The SMILES string of the molecule is Nc1nc(C(=O)Nc2ccc(Br)cn2)cc2ccccc12. The number of pyridine rings is 2. The molecule has 3 rings (SSSR count). The van der Waals surface area contributed by atoms with Crippen molar-refractivity contribution in [1.82, 2.24) is 9.97 Å². The molecule has 0 aliphatic rings. The van der Waals surface area contributed by atoms with Crippen LogP contribution in [0.2, 0.25) is 0 Å². The van der Waals surface area contributed by atoms with E-state index in [1.807, 2.05) is 24.3 Å². The topological polar surface area (TPSA) is 80.9 Å². The number of carbonyl (C=O) groups excluding carboxylic acids is 1. The van der Waals surface area contributed by atoms with Crippen molar-refractivity contribution in [1.29, 1.82) is 0 Å². The number of nitrogens with zero attached hydrogens (tertiary/aromatic N) is 2. The summed E-state index contributed by atoms with van der Waals surface area (Å²) in [5, 5.41) is 4.39. The number of carbonyl (C=O) groups is 1. The molecular formula is C15H11BrN4O. The molecule has 0 saturated heterocycles. The van der Waals surface area contributed by atoms with Gasteiger partial charge in [-0.15, -0.1) is 0 Å². The molecule has 2 heterocycles. The summed E-state index contributed by atoms with van der Waals surface area (Å²) in [6.45, 7) is 0. The van der Waals surface area contributed by atoms with Crippen molar-refractivity contribution >= 4 is 44.2 Å². The van der Waals surface area contributed by atoms with E-state index in [2.05, 4.69) is 31.2 Å². The number of halogens is 1. The Morgan fingerprint density at radius 2 is 2.00 bits per heavy atom. The van der Waals surface area contributed by atoms with Crippen LogP contribution in [-0.4, -0.2) is 15.9 Å². The molecule has 104 valence electrons. The van der Waals surface area contributed by atoms with E-state index >= 15 is 0 Å². The van der Waals surface area contributed by atoms with Gasteiger partial charge in [-0.2, -0.15) is 0 Å². The van der Waals surface area contributed by atoms with Crippen LogP contribution in [0.5, 0.6) is 0 Å². The minimum Gasteiger partial charge on any atom is -0.383 e. The third-order valence-corrected chi connectivity index (χ3v) is 3.44. The molecule has 0 bridgehead atoms. The Morgan fingerprint density at radius 1 is 1.19 bits per heavy atom. The summed E-state index contributed by atoms with van der Waals surface area (Å²) in [6, 6.07) is 12.7. The maximum Gasteiger partial charge on any atom is 0.275 e. The molecule has 0 saturated carbocycles. The molecule has 1 aromatic carbocycles. The van der Waals surface area contributed by atoms with Crippen LogP contribution in [0.25, 0.3) is 10.8 Å². The van der Waals surface area contributed by atoms with Gasteiger partial charge in [0.1, 0.15) is 17.3 Å². The quantitative estimate of drug-likeness (QED) is 0.749. The molecule has 0 spiro atoms. The van der Waals surface area contributed by atoms with Crippen LogP contribution in [0.3, 0.4) is 0 Å². The van der Waals surface area contributed by atoms with Crippen molar-refractivity contribution in [2.45, 2.75) is 0 Å². The van der Waals surface area contributed by atoms with Crippen LogP contribution in [-0.2, 0) is 0 Å². The van der Waals surface area contributed by atoms with E-state index in [0.29, 0.717) is 11.6 Å². The highest BCUT2D eigenvalue weighted by Crippen LogP contribution is 2.20. The number of nitrogens with one attached hydrogen (secondary N) is 1. The summed E-state index contributed by atoms with van der Waals surface area (Å²) in [5.41, 5.74) is 6.16. The molecule has 6 heteroatoms. The molecule has 21 heavy (non-hydrogen) atoms. The Morgan fingerprint density at radius 3 is 2.76 bits per heavy atom. The van der Waals surface area contributed by atoms with Gasteiger partial charge in [0.05, 0.1) is 0 Å². The number of rotatable bonds is 2. The normalized spacial score (nSPS) is 10.5. The molecule has 5 nitrogen and oxygen atoms in total. The van der Waals surface area contributed by atoms with Crippen molar-refractivity contribution in [2.24, 2.45) is 0 Å². The second kappa shape index (κ2) is 5.49. The molecule has 0 aliphatic carbocycles. The highest BCUT2D eigenvalue weighted by Gasteiger charge is 2.11. The molecular weight excluding hydrogens is 332 g/mol. The highest BCUT2D eigenvalue weighted by atomic mass is 79.9. The van der Waals surface area contributed by atoms with E-state index in [0.717, 1.165) is 15.2 Å². The Balaban J connectivity index is 1.92. The lowest BCUT2D eigenvalue weighted by Gasteiger charge is -2.07. The molecule has 3 aromatic rings. The van der Waals surface area contributed by atoms with Gasteiger partial charge in [-0.3, -0.25) is 4.79 Å². The van der Waals surface area contributed by atoms with Crippen molar-refractivity contribution in [3.8, 4) is 0 Å². The summed E-state index contributed by atoms with van der Waals surface area (Å²) in [5.74, 6) is 0.445. The Kier molecular flexibility index (Phi) is 3.53. The van der Waals surface area contributed by atoms with E-state index in [-0.39, 0.29) is 11.6 Å². The van der Waals surface area contributed by atoms with Crippen LogP contribution in [0.15, 0.2) is 53.1 Å². The third-order valence-electron chi connectivity index (χ3n) is 2.97. The first-order chi connectivity index (χ1) is 10.1. The predicted octanol–water partition coefficient (Wildman–Crippen LogP) is 3.23. The summed E-state index contributed by atoms with van der Waals surface area (Å²) >= 11 is 3.29. The number of nitrogens with two attached hydrogens (primary N) is 1. The van der Waals surface area contributed by atoms with Gasteiger partial charge in [0.2, 0.25) is 0 Å². The van der Waals surface area contributed by atoms with E-state index in [4.69, 9.17) is 5.73 Å². The van der Waals surface area contributed by atoms with Crippen LogP contribution in [0.4, 0.5) is 11.6 Å². The fourth-order valence-electron chi connectivity index (χ4n) is 1.97. The molecule has 0 unspecified atom stereocenters. The highest BCUT2D eigenvalue weighted by molar-refractivity contribution is 9.10. The Hall–Kier alpha value is -2.47. The van der Waals surface area contributed by atoms with Crippen LogP contribution < -0.4 is 11.1 Å². The van der Waals surface area contributed by atoms with Gasteiger partial charge in [0.25, 0.3) is 5.91 Å². The largest absolute Gasteiger partial charge is 0.383 e. The standard InChI is InChI=1S/C15H11BrN4O/c16-10-5-6-13(18-8-10)20-15(21)12-7-9-3-1-2-4-11(9)14(17)19-12/h1-8H,(H2,17,19)(H,18,20,21). The van der Waals surface area contributed by atoms with E-state index in [1.165, 1.54) is 0 Å². The van der Waals surface area contributed by atoms with E-state index < -0.39 is 0 Å². The number of hydrogen-bond acceptors (Lipinski definition) is 4. The average molecular weight is 343 g/mol. The molecule has 3 N–H and O–H groups in total. The number of amides is 1. The van der Waals surface area contributed by atoms with Gasteiger partial charge in [-0.25, -0.2) is 9.97 Å². The summed E-state index contributed by atoms with van der Waals surface area (Å²) < 4.78 is 0.841. The Bertz CT molecular complexity index is 818. The maximum absolute atomic E-state index is 12.2. The van der Waals surface area contributed by atoms with Crippen molar-refractivity contribution in [3.05, 3.63) is 58.8 Å². The Labute approximate surface area is 129 Å². The predicted molar refractivity (Wildman–Crippen MR) is 86.0 cm³/mol. The number of aromatic nitrogens is 2. The zero-order valence-corrected chi connectivity index (χ0v) is 12.5. The molecule has 1 amide bonds. The zero-order valence-electron chi connectivity index (χ0n) is 10.9. The molecule has 2 aromatic heterocycles. The lowest BCUT2D eigenvalue weighted by Crippen LogP contribution is -2.15. The minimum absolute atomic E-state index is 0.260. The maximum atomic E-state index is 12.2. The number of nitrogen functional groups attached to an aromatic ring is 1. The van der Waals surface area contributed by atoms with Gasteiger partial charge in [-0.1, -0.05) is 24.3 Å². The first-order valence-electron chi connectivity index (χ1n) is 6.21. The molecule has 0 radical (unpaired) electrons. The van der Waals surface area contributed by atoms with Gasteiger partial charge in [0, 0.05) is 16.1 Å². The lowest BCUT2D eigenvalue weighted by molar-refractivity contribution is 0.102. The van der Waals surface area contributed by atoms with Gasteiger partial charge < -0.3 is 11.1 Å². The second-order valence-corrected chi connectivity index (χ2v) is 5.35. The number of fused-ring (bicyclic) bond motifs is 1. The average Bonchev–Trinajstić information content (AvgIpc) is 2.49. The number of anilines is 2. The fourth-order valence-corrected chi connectivity index (χ4v) is 2.21. The fraction of sp³-hybridized carbons (Fsp3) is 0. The van der Waals surface area contributed by atoms with Gasteiger partial charge in [-0.05, 0) is 39.5 Å². The summed E-state index contributed by atoms with van der Waals surface area (Å²) in [7, 11) is 0. The first kappa shape index (κ1) is 13.5. The van der Waals surface area contributed by atoms with Gasteiger partial charge >= 0.3 is 0 Å². The first-order valence-corrected chi connectivity index (χ1v) is 7.01. The zero-order chi connectivity index (χ0) is 14.8. The lowest BCUT2D eigenvalue weighted by atomic mass is 10.1. The molecule has 0 aliphatic heterocycles. The third kappa shape index (κ3) is 2.85. The monoisotopic (exact) mass is 342 g/mol. The molecule has 0 fully saturated rings. The van der Waals surface area contributed by atoms with Crippen molar-refractivity contribution in [2.75, 3.05) is 11.1 Å². The van der Waals surface area contributed by atoms with Crippen LogP contribution in [0, 0.1) is 0 Å². The van der Waals surface area contributed by atoms with Gasteiger partial charge in [0.15, 0.2) is 0 Å². The summed E-state index contributed by atoms with van der Waals surface area (Å²) in [4.78, 5) is 20.4. The molecule has 0 atom stereocenters. The number of benzene rings is 1. The minimum atomic E-state index is -0.345. The summed E-state index contributed by atoms with van der Waals surface area (Å²) in [6.07, 6.45) is 1.61. The second-order valence-electron chi connectivity index (χ2n) is 4.43. The van der Waals surface area contributed by atoms with E-state index in [9.17, 15) is 4.79 Å². The van der Waals surface area contributed by atoms with E-state index in [1.54, 1.807) is 24.4 Å². The number of hydrogen-bond donors (Lipinski definition) is 2. The van der Waals surface area contributed by atoms with Crippen molar-refractivity contribution in [3.63, 3.8) is 0 Å². The van der Waals surface area contributed by atoms with Crippen LogP contribution >= 0.6 is 15.9 Å². The smallest absolute Gasteiger partial charge is 0.275 e. The van der Waals surface area contributed by atoms with Crippen LogP contribution in [0.1, 0.15) is 10.5 Å². The van der Waals surface area contributed by atoms with Crippen molar-refractivity contribution < 1.29 is 4.79 Å².